The quantitative estimate of drug-likeness (QED) is 0.102. The van der Waals surface area contributed by atoms with Crippen LogP contribution in [0.1, 0.15) is 51.0 Å². The summed E-state index contributed by atoms with van der Waals surface area (Å²) >= 11 is 6.31. The van der Waals surface area contributed by atoms with Crippen molar-refractivity contribution < 1.29 is 19.4 Å². The van der Waals surface area contributed by atoms with Gasteiger partial charge in [0.05, 0.1) is 27.4 Å². The number of ether oxygens (including phenoxy) is 1. The average Bonchev–Trinajstić information content (AvgIpc) is 3.11. The number of nitrogens with one attached hydrogen (secondary N) is 1. The molecule has 0 radical (unpaired) electrons. The Balaban J connectivity index is 1.61. The fraction of sp³-hybridized carbons (Fsp3) is 0.333. The number of hydrogen-bond acceptors (Lipinski definition) is 9. The smallest absolute Gasteiger partial charge is 0.300 e. The summed E-state index contributed by atoms with van der Waals surface area (Å²) in [6.45, 7) is 2.85. The van der Waals surface area contributed by atoms with E-state index in [1.54, 1.807) is 6.08 Å². The van der Waals surface area contributed by atoms with Gasteiger partial charge in [-0.25, -0.2) is 5.01 Å². The van der Waals surface area contributed by atoms with Crippen molar-refractivity contribution in [2.75, 3.05) is 12.0 Å². The molecule has 0 aliphatic carbocycles. The van der Waals surface area contributed by atoms with Gasteiger partial charge in [-0.1, -0.05) is 62.9 Å². The minimum Gasteiger partial charge on any atom is -0.494 e. The number of thioether (sulfide) groups is 1. The summed E-state index contributed by atoms with van der Waals surface area (Å²) in [7, 11) is 0. The van der Waals surface area contributed by atoms with E-state index in [2.05, 4.69) is 12.3 Å². The number of benzene rings is 2. The van der Waals surface area contributed by atoms with Gasteiger partial charge in [-0.2, -0.15) is 0 Å². The highest BCUT2D eigenvalue weighted by Gasteiger charge is 2.34. The summed E-state index contributed by atoms with van der Waals surface area (Å²) < 4.78 is 5.93. The Kier molecular flexibility index (Phi) is 9.77. The standard InChI is InChI=1S/C24H26N4O6S2/c1-2-3-4-5-6-7-14-34-19-11-8-17(9-12-19)15-22-23(29)26(24(35)36-22)25-20-13-10-18(27(30)31)16-21(20)28(32)33/h8-13,15-16,25H,2-7,14H2,1H3. The number of rotatable bonds is 13. The number of non-ortho nitro benzene ring substituents is 1. The number of thiocarbonyl (C=S) groups is 1. The van der Waals surface area contributed by atoms with Crippen LogP contribution in [0.2, 0.25) is 0 Å². The van der Waals surface area contributed by atoms with Crippen molar-refractivity contribution in [2.24, 2.45) is 0 Å². The van der Waals surface area contributed by atoms with Crippen molar-refractivity contribution in [2.45, 2.75) is 45.4 Å². The van der Waals surface area contributed by atoms with Gasteiger partial charge in [0.2, 0.25) is 0 Å². The van der Waals surface area contributed by atoms with Gasteiger partial charge in [0.15, 0.2) is 4.32 Å². The van der Waals surface area contributed by atoms with Gasteiger partial charge in [-0.05, 0) is 48.5 Å². The van der Waals surface area contributed by atoms with E-state index in [9.17, 15) is 25.0 Å². The van der Waals surface area contributed by atoms with Crippen LogP contribution in [0.15, 0.2) is 47.4 Å². The first-order chi connectivity index (χ1) is 17.3. The molecule has 0 unspecified atom stereocenters. The third-order valence-electron chi connectivity index (χ3n) is 5.36. The number of unbranched alkanes of at least 4 members (excludes halogenated alkanes) is 5. The van der Waals surface area contributed by atoms with Gasteiger partial charge in [0.1, 0.15) is 11.4 Å². The van der Waals surface area contributed by atoms with E-state index in [0.717, 1.165) is 53.1 Å². The number of hydrogen-bond donors (Lipinski definition) is 1. The monoisotopic (exact) mass is 530 g/mol. The zero-order valence-corrected chi connectivity index (χ0v) is 21.3. The molecule has 1 amide bonds. The van der Waals surface area contributed by atoms with E-state index in [1.807, 2.05) is 24.3 Å². The molecular formula is C24H26N4O6S2. The van der Waals surface area contributed by atoms with Crippen LogP contribution >= 0.6 is 24.0 Å². The highest BCUT2D eigenvalue weighted by Crippen LogP contribution is 2.35. The van der Waals surface area contributed by atoms with E-state index in [0.29, 0.717) is 11.5 Å². The molecular weight excluding hydrogens is 504 g/mol. The van der Waals surface area contributed by atoms with Crippen LogP contribution in [0.5, 0.6) is 5.75 Å². The molecule has 2 aromatic rings. The molecule has 190 valence electrons. The van der Waals surface area contributed by atoms with Crippen LogP contribution in [-0.4, -0.2) is 31.7 Å². The molecule has 0 saturated carbocycles. The Morgan fingerprint density at radius 2 is 1.72 bits per heavy atom. The second-order valence-corrected chi connectivity index (χ2v) is 9.71. The normalized spacial score (nSPS) is 14.4. The number of amides is 1. The van der Waals surface area contributed by atoms with E-state index in [4.69, 9.17) is 17.0 Å². The number of anilines is 1. The van der Waals surface area contributed by atoms with Gasteiger partial charge in [0.25, 0.3) is 11.6 Å². The van der Waals surface area contributed by atoms with Crippen molar-refractivity contribution >= 4 is 57.3 Å². The van der Waals surface area contributed by atoms with Crippen molar-refractivity contribution in [1.82, 2.24) is 5.01 Å². The maximum atomic E-state index is 12.9. The summed E-state index contributed by atoms with van der Waals surface area (Å²) in [5, 5.41) is 23.3. The Bertz CT molecular complexity index is 1170. The largest absolute Gasteiger partial charge is 0.494 e. The molecule has 3 rings (SSSR count). The first kappa shape index (κ1) is 27.1. The van der Waals surface area contributed by atoms with Gasteiger partial charge in [-0.3, -0.25) is 30.4 Å². The Morgan fingerprint density at radius 3 is 2.39 bits per heavy atom. The van der Waals surface area contributed by atoms with Crippen molar-refractivity contribution in [1.29, 1.82) is 0 Å². The number of nitrogens with zero attached hydrogens (tertiary/aromatic N) is 3. The molecule has 1 N–H and O–H groups in total. The topological polar surface area (TPSA) is 128 Å². The van der Waals surface area contributed by atoms with Gasteiger partial charge in [-0.15, -0.1) is 0 Å². The predicted octanol–water partition coefficient (Wildman–Crippen LogP) is 6.47. The fourth-order valence-electron chi connectivity index (χ4n) is 3.45. The van der Waals surface area contributed by atoms with Crippen LogP contribution < -0.4 is 10.2 Å². The van der Waals surface area contributed by atoms with E-state index in [-0.39, 0.29) is 10.0 Å². The summed E-state index contributed by atoms with van der Waals surface area (Å²) in [4.78, 5) is 34.1. The Morgan fingerprint density at radius 1 is 1.03 bits per heavy atom. The molecule has 12 heteroatoms. The highest BCUT2D eigenvalue weighted by atomic mass is 32.2. The fourth-order valence-corrected chi connectivity index (χ4v) is 4.63. The minimum atomic E-state index is -0.765. The summed E-state index contributed by atoms with van der Waals surface area (Å²) in [6.07, 6.45) is 8.81. The average molecular weight is 531 g/mol. The molecule has 0 aromatic heterocycles. The highest BCUT2D eigenvalue weighted by molar-refractivity contribution is 8.26. The lowest BCUT2D eigenvalue weighted by atomic mass is 10.1. The first-order valence-electron chi connectivity index (χ1n) is 11.5. The van der Waals surface area contributed by atoms with Crippen molar-refractivity contribution in [3.05, 3.63) is 73.2 Å². The molecule has 10 nitrogen and oxygen atoms in total. The third kappa shape index (κ3) is 7.25. The molecule has 1 saturated heterocycles. The van der Waals surface area contributed by atoms with Crippen molar-refractivity contribution in [3.63, 3.8) is 0 Å². The molecule has 1 aliphatic heterocycles. The van der Waals surface area contributed by atoms with E-state index < -0.39 is 27.1 Å². The number of nitro benzene ring substituents is 2. The van der Waals surface area contributed by atoms with Gasteiger partial charge < -0.3 is 4.74 Å². The lowest BCUT2D eigenvalue weighted by molar-refractivity contribution is -0.393. The van der Waals surface area contributed by atoms with Crippen molar-refractivity contribution in [3.8, 4) is 5.75 Å². The zero-order valence-electron chi connectivity index (χ0n) is 19.7. The molecule has 1 fully saturated rings. The van der Waals surface area contributed by atoms with E-state index in [1.165, 1.54) is 31.7 Å². The van der Waals surface area contributed by atoms with E-state index >= 15 is 0 Å². The summed E-state index contributed by atoms with van der Waals surface area (Å²) in [6, 6.07) is 10.4. The summed E-state index contributed by atoms with van der Waals surface area (Å²) in [5.74, 6) is 0.265. The van der Waals surface area contributed by atoms with Crippen LogP contribution in [0, 0.1) is 20.2 Å². The number of hydrazine groups is 1. The molecule has 2 aromatic carbocycles. The van der Waals surface area contributed by atoms with Crippen LogP contribution in [-0.2, 0) is 4.79 Å². The maximum absolute atomic E-state index is 12.9. The second-order valence-electron chi connectivity index (χ2n) is 8.03. The first-order valence-corrected chi connectivity index (χ1v) is 12.7. The molecule has 0 bridgehead atoms. The molecule has 1 aliphatic rings. The Hall–Kier alpha value is -3.51. The maximum Gasteiger partial charge on any atom is 0.300 e. The van der Waals surface area contributed by atoms with Crippen LogP contribution in [0.4, 0.5) is 17.1 Å². The van der Waals surface area contributed by atoms with Gasteiger partial charge >= 0.3 is 5.69 Å². The van der Waals surface area contributed by atoms with Gasteiger partial charge in [0, 0.05) is 6.07 Å². The summed E-state index contributed by atoms with van der Waals surface area (Å²) in [5.41, 5.74) is 2.33. The Labute approximate surface area is 218 Å². The number of nitro groups is 2. The number of carbonyl (C=O) groups excluding carboxylic acids is 1. The molecule has 1 heterocycles. The zero-order chi connectivity index (χ0) is 26.1. The lowest BCUT2D eigenvalue weighted by Gasteiger charge is -2.16. The second kappa shape index (κ2) is 13.0. The lowest BCUT2D eigenvalue weighted by Crippen LogP contribution is -2.34. The molecule has 0 atom stereocenters. The molecule has 0 spiro atoms. The van der Waals surface area contributed by atoms with Crippen LogP contribution in [0.3, 0.4) is 0 Å². The minimum absolute atomic E-state index is 0.0879. The molecule has 36 heavy (non-hydrogen) atoms. The SMILES string of the molecule is CCCCCCCCOc1ccc(C=C2SC(=S)N(Nc3ccc([N+](=O)[O-])cc3[N+](=O)[O-])C2=O)cc1. The van der Waals surface area contributed by atoms with Crippen LogP contribution in [0.25, 0.3) is 6.08 Å². The predicted molar refractivity (Wildman–Crippen MR) is 144 cm³/mol. The third-order valence-corrected chi connectivity index (χ3v) is 6.66. The number of carbonyl (C=O) groups is 1.